The summed E-state index contributed by atoms with van der Waals surface area (Å²) in [6.07, 6.45) is 2.21. The van der Waals surface area contributed by atoms with Gasteiger partial charge in [0.2, 0.25) is 18.2 Å². The molecule has 4 aromatic rings. The third-order valence-electron chi connectivity index (χ3n) is 4.64. The minimum atomic E-state index is -0.0711. The van der Waals surface area contributed by atoms with Gasteiger partial charge in [0.05, 0.1) is 5.69 Å². The summed E-state index contributed by atoms with van der Waals surface area (Å²) in [6, 6.07) is 9.27. The number of benzene rings is 1. The van der Waals surface area contributed by atoms with Crippen molar-refractivity contribution < 1.29 is 9.21 Å². The first-order chi connectivity index (χ1) is 13.5. The first kappa shape index (κ1) is 17.8. The van der Waals surface area contributed by atoms with Gasteiger partial charge in [-0.25, -0.2) is 9.50 Å². The number of aryl methyl sites for hydroxylation is 3. The molecule has 8 nitrogen and oxygen atoms in total. The van der Waals surface area contributed by atoms with E-state index in [4.69, 9.17) is 4.42 Å². The van der Waals surface area contributed by atoms with E-state index in [9.17, 15) is 4.79 Å². The minimum absolute atomic E-state index is 0.0711. The normalized spacial score (nSPS) is 11.1. The van der Waals surface area contributed by atoms with Gasteiger partial charge in [0.25, 0.3) is 0 Å². The van der Waals surface area contributed by atoms with Crippen LogP contribution in [0, 0.1) is 20.8 Å². The summed E-state index contributed by atoms with van der Waals surface area (Å²) < 4.78 is 7.03. The van der Waals surface area contributed by atoms with Crippen LogP contribution in [0.15, 0.2) is 41.1 Å². The first-order valence-corrected chi connectivity index (χ1v) is 9.00. The molecule has 0 bridgehead atoms. The summed E-state index contributed by atoms with van der Waals surface area (Å²) in [6.45, 7) is 5.92. The molecule has 0 saturated heterocycles. The van der Waals surface area contributed by atoms with Crippen LogP contribution in [0.5, 0.6) is 0 Å². The van der Waals surface area contributed by atoms with Gasteiger partial charge in [-0.05, 0) is 51.0 Å². The molecule has 1 N–H and O–H groups in total. The molecular formula is C20H20N6O2. The second-order valence-corrected chi connectivity index (χ2v) is 6.69. The van der Waals surface area contributed by atoms with E-state index >= 15 is 0 Å². The van der Waals surface area contributed by atoms with Crippen LogP contribution in [0.1, 0.15) is 29.1 Å². The standard InChI is InChI=1S/C20H20N6O2/c1-12-9-18-22-13(2)17(14(3)26(18)25-12)7-8-19(27)23-16-6-4-5-15(10-16)20-24-21-11-28-20/h4-6,9-11H,7-8H2,1-3H3,(H,23,27). The lowest BCUT2D eigenvalue weighted by Crippen LogP contribution is -2.14. The van der Waals surface area contributed by atoms with Crippen molar-refractivity contribution in [2.75, 3.05) is 5.32 Å². The molecule has 0 unspecified atom stereocenters. The number of carbonyl (C=O) groups excluding carboxylic acids is 1. The molecule has 1 aromatic carbocycles. The zero-order valence-corrected chi connectivity index (χ0v) is 15.9. The maximum Gasteiger partial charge on any atom is 0.247 e. The lowest BCUT2D eigenvalue weighted by Gasteiger charge is -2.11. The lowest BCUT2D eigenvalue weighted by molar-refractivity contribution is -0.116. The topological polar surface area (TPSA) is 98.2 Å². The average molecular weight is 376 g/mol. The Morgan fingerprint density at radius 2 is 2.07 bits per heavy atom. The fraction of sp³-hybridized carbons (Fsp3) is 0.250. The number of nitrogens with zero attached hydrogens (tertiary/aromatic N) is 5. The van der Waals surface area contributed by atoms with E-state index in [2.05, 4.69) is 25.6 Å². The number of fused-ring (bicyclic) bond motifs is 1. The van der Waals surface area contributed by atoms with Crippen molar-refractivity contribution in [3.05, 3.63) is 59.4 Å². The first-order valence-electron chi connectivity index (χ1n) is 9.00. The van der Waals surface area contributed by atoms with Crippen molar-refractivity contribution in [1.29, 1.82) is 0 Å². The fourth-order valence-corrected chi connectivity index (χ4v) is 3.29. The molecule has 0 fully saturated rings. The Bertz CT molecular complexity index is 1150. The van der Waals surface area contributed by atoms with Gasteiger partial charge < -0.3 is 9.73 Å². The van der Waals surface area contributed by atoms with Crippen LogP contribution < -0.4 is 5.32 Å². The van der Waals surface area contributed by atoms with Gasteiger partial charge in [-0.1, -0.05) is 6.07 Å². The van der Waals surface area contributed by atoms with Crippen LogP contribution in [0.3, 0.4) is 0 Å². The number of hydrogen-bond donors (Lipinski definition) is 1. The van der Waals surface area contributed by atoms with E-state index < -0.39 is 0 Å². The number of anilines is 1. The van der Waals surface area contributed by atoms with Crippen LogP contribution in [0.4, 0.5) is 5.69 Å². The second-order valence-electron chi connectivity index (χ2n) is 6.69. The Balaban J connectivity index is 1.47. The summed E-state index contributed by atoms with van der Waals surface area (Å²) in [4.78, 5) is 17.1. The van der Waals surface area contributed by atoms with Gasteiger partial charge in [0, 0.05) is 35.1 Å². The highest BCUT2D eigenvalue weighted by Gasteiger charge is 2.13. The summed E-state index contributed by atoms with van der Waals surface area (Å²) in [7, 11) is 0. The molecule has 1 amide bonds. The summed E-state index contributed by atoms with van der Waals surface area (Å²) in [5.74, 6) is 0.342. The minimum Gasteiger partial charge on any atom is -0.423 e. The number of rotatable bonds is 5. The fourth-order valence-electron chi connectivity index (χ4n) is 3.29. The smallest absolute Gasteiger partial charge is 0.247 e. The van der Waals surface area contributed by atoms with E-state index in [1.54, 1.807) is 0 Å². The maximum atomic E-state index is 12.5. The van der Waals surface area contributed by atoms with Crippen LogP contribution >= 0.6 is 0 Å². The zero-order chi connectivity index (χ0) is 19.7. The number of amides is 1. The quantitative estimate of drug-likeness (QED) is 0.574. The van der Waals surface area contributed by atoms with Gasteiger partial charge in [-0.15, -0.1) is 10.2 Å². The van der Waals surface area contributed by atoms with Crippen LogP contribution in [0.2, 0.25) is 0 Å². The molecule has 0 atom stereocenters. The van der Waals surface area contributed by atoms with Crippen molar-refractivity contribution in [3.8, 4) is 11.5 Å². The molecule has 4 rings (SSSR count). The highest BCUT2D eigenvalue weighted by molar-refractivity contribution is 5.91. The van der Waals surface area contributed by atoms with E-state index in [1.807, 2.05) is 55.6 Å². The van der Waals surface area contributed by atoms with E-state index in [0.717, 1.165) is 33.9 Å². The predicted octanol–water partition coefficient (Wildman–Crippen LogP) is 3.28. The number of carbonyl (C=O) groups is 1. The molecule has 0 saturated carbocycles. The lowest BCUT2D eigenvalue weighted by atomic mass is 10.1. The Hall–Kier alpha value is -3.55. The van der Waals surface area contributed by atoms with Crippen molar-refractivity contribution in [3.63, 3.8) is 0 Å². The van der Waals surface area contributed by atoms with Gasteiger partial charge >= 0.3 is 0 Å². The molecule has 0 radical (unpaired) electrons. The highest BCUT2D eigenvalue weighted by atomic mass is 16.4. The van der Waals surface area contributed by atoms with Gasteiger partial charge in [-0.2, -0.15) is 5.10 Å². The van der Waals surface area contributed by atoms with Crippen molar-refractivity contribution in [2.45, 2.75) is 33.6 Å². The van der Waals surface area contributed by atoms with Crippen molar-refractivity contribution >= 4 is 17.2 Å². The van der Waals surface area contributed by atoms with Crippen LogP contribution in [-0.2, 0) is 11.2 Å². The summed E-state index contributed by atoms with van der Waals surface area (Å²) >= 11 is 0. The molecule has 3 aromatic heterocycles. The molecule has 0 aliphatic heterocycles. The zero-order valence-electron chi connectivity index (χ0n) is 15.9. The molecule has 0 aliphatic rings. The number of aromatic nitrogens is 5. The Kier molecular flexibility index (Phi) is 4.60. The highest BCUT2D eigenvalue weighted by Crippen LogP contribution is 2.21. The summed E-state index contributed by atoms with van der Waals surface area (Å²) in [5.41, 5.74) is 6.18. The number of nitrogens with one attached hydrogen (secondary N) is 1. The Morgan fingerprint density at radius 3 is 2.86 bits per heavy atom. The van der Waals surface area contributed by atoms with Crippen molar-refractivity contribution in [2.24, 2.45) is 0 Å². The van der Waals surface area contributed by atoms with Crippen molar-refractivity contribution in [1.82, 2.24) is 24.8 Å². The van der Waals surface area contributed by atoms with Gasteiger partial charge in [0.1, 0.15) is 0 Å². The molecular weight excluding hydrogens is 356 g/mol. The SMILES string of the molecule is Cc1cc2nc(C)c(CCC(=O)Nc3cccc(-c4nnco4)c3)c(C)n2n1. The Morgan fingerprint density at radius 1 is 1.21 bits per heavy atom. The van der Waals surface area contributed by atoms with Gasteiger partial charge in [-0.3, -0.25) is 4.79 Å². The van der Waals surface area contributed by atoms with Crippen LogP contribution in [0.25, 0.3) is 17.1 Å². The monoisotopic (exact) mass is 376 g/mol. The van der Waals surface area contributed by atoms with Gasteiger partial charge in [0.15, 0.2) is 5.65 Å². The molecule has 28 heavy (non-hydrogen) atoms. The third kappa shape index (κ3) is 3.48. The largest absolute Gasteiger partial charge is 0.423 e. The molecule has 0 spiro atoms. The molecule has 8 heteroatoms. The van der Waals surface area contributed by atoms with E-state index in [0.29, 0.717) is 24.4 Å². The Labute approximate surface area is 161 Å². The predicted molar refractivity (Wildman–Crippen MR) is 104 cm³/mol. The molecule has 142 valence electrons. The summed E-state index contributed by atoms with van der Waals surface area (Å²) in [5, 5.41) is 15.0. The van der Waals surface area contributed by atoms with E-state index in [1.165, 1.54) is 6.39 Å². The molecule has 0 aliphatic carbocycles. The molecule has 3 heterocycles. The second kappa shape index (κ2) is 7.22. The third-order valence-corrected chi connectivity index (χ3v) is 4.64. The number of hydrogen-bond acceptors (Lipinski definition) is 6. The van der Waals surface area contributed by atoms with Crippen LogP contribution in [-0.4, -0.2) is 30.7 Å². The average Bonchev–Trinajstić information content (AvgIpc) is 3.31. The maximum absolute atomic E-state index is 12.5. The van der Waals surface area contributed by atoms with E-state index in [-0.39, 0.29) is 5.91 Å².